The van der Waals surface area contributed by atoms with Gasteiger partial charge in [-0.15, -0.1) is 0 Å². The van der Waals surface area contributed by atoms with Gasteiger partial charge in [0.1, 0.15) is 0 Å². The van der Waals surface area contributed by atoms with Gasteiger partial charge in [0.2, 0.25) is 5.96 Å². The van der Waals surface area contributed by atoms with Crippen molar-refractivity contribution in [3.63, 3.8) is 0 Å². The highest BCUT2D eigenvalue weighted by atomic mass is 19.4. The summed E-state index contributed by atoms with van der Waals surface area (Å²) in [6.45, 7) is 0.0928. The molecule has 1 unspecified atom stereocenters. The monoisotopic (exact) mass is 354 g/mol. The van der Waals surface area contributed by atoms with Crippen LogP contribution in [0.15, 0.2) is 28.8 Å². The molecule has 1 saturated heterocycles. The van der Waals surface area contributed by atoms with Crippen molar-refractivity contribution in [3.8, 4) is 0 Å². The molecule has 0 aromatic carbocycles. The predicted molar refractivity (Wildman–Crippen MR) is 78.2 cm³/mol. The van der Waals surface area contributed by atoms with Gasteiger partial charge < -0.3 is 5.73 Å². The van der Waals surface area contributed by atoms with Gasteiger partial charge in [0, 0.05) is 25.9 Å². The number of rotatable bonds is 3. The van der Waals surface area contributed by atoms with Crippen LogP contribution in [0, 0.1) is 0 Å². The predicted octanol–water partition coefficient (Wildman–Crippen LogP) is 1.44. The Morgan fingerprint density at radius 3 is 2.46 bits per heavy atom. The van der Waals surface area contributed by atoms with Crippen LogP contribution in [0.25, 0.3) is 0 Å². The number of hydrogen-bond acceptors (Lipinski definition) is 4. The summed E-state index contributed by atoms with van der Waals surface area (Å²) in [5.41, 5.74) is 7.43. The van der Waals surface area contributed by atoms with E-state index in [4.69, 9.17) is 11.6 Å². The lowest BCUT2D eigenvalue weighted by Gasteiger charge is -2.36. The molecule has 1 aliphatic carbocycles. The molecule has 0 radical (unpaired) electrons. The number of hydrogen-bond donors (Lipinski definition) is 3. The van der Waals surface area contributed by atoms with Gasteiger partial charge in [0.25, 0.3) is 5.92 Å². The Morgan fingerprint density at radius 2 is 1.96 bits per heavy atom. The molecule has 0 bridgehead atoms. The van der Waals surface area contributed by atoms with Crippen LogP contribution >= 0.6 is 0 Å². The first-order chi connectivity index (χ1) is 11.1. The molecule has 6 nitrogen and oxygen atoms in total. The number of aliphatic imine (C=N–C) groups is 1. The van der Waals surface area contributed by atoms with Gasteiger partial charge in [-0.3, -0.25) is 5.43 Å². The van der Waals surface area contributed by atoms with E-state index < -0.39 is 23.7 Å². The molecule has 2 aliphatic rings. The zero-order valence-electron chi connectivity index (χ0n) is 12.7. The van der Waals surface area contributed by atoms with Crippen molar-refractivity contribution < 1.29 is 22.0 Å². The van der Waals surface area contributed by atoms with Gasteiger partial charge in [-0.25, -0.2) is 24.6 Å². The molecule has 136 valence electrons. The summed E-state index contributed by atoms with van der Waals surface area (Å²) in [5, 5.41) is 2.41. The van der Waals surface area contributed by atoms with E-state index in [0.717, 1.165) is 17.4 Å². The summed E-state index contributed by atoms with van der Waals surface area (Å²) in [5.74, 6) is 2.87. The number of nitrogens with one attached hydrogen (secondary N) is 1. The molecule has 1 aliphatic heterocycles. The van der Waals surface area contributed by atoms with E-state index in [1.807, 2.05) is 0 Å². The van der Waals surface area contributed by atoms with E-state index in [2.05, 4.69) is 10.4 Å². The van der Waals surface area contributed by atoms with Crippen LogP contribution in [0.4, 0.5) is 22.0 Å². The fourth-order valence-corrected chi connectivity index (χ4v) is 2.35. The SMILES string of the molecule is NC(=NC1C=CC(C(F)(F)F)=CC1)NN(N)N1CCC(F)(F)CC1. The summed E-state index contributed by atoms with van der Waals surface area (Å²) < 4.78 is 63.6. The Hall–Kier alpha value is -1.72. The molecule has 0 aromatic heterocycles. The Labute approximate surface area is 135 Å². The first-order valence-electron chi connectivity index (χ1n) is 7.30. The second-order valence-electron chi connectivity index (χ2n) is 5.60. The van der Waals surface area contributed by atoms with Crippen molar-refractivity contribution in [2.24, 2.45) is 16.6 Å². The molecular weight excluding hydrogens is 335 g/mol. The van der Waals surface area contributed by atoms with Crippen molar-refractivity contribution in [2.45, 2.75) is 37.4 Å². The average Bonchev–Trinajstić information content (AvgIpc) is 2.46. The van der Waals surface area contributed by atoms with E-state index in [9.17, 15) is 22.0 Å². The number of nitrogens with two attached hydrogens (primary N) is 2. The van der Waals surface area contributed by atoms with Crippen LogP contribution in [0.3, 0.4) is 0 Å². The van der Waals surface area contributed by atoms with E-state index >= 15 is 0 Å². The standard InChI is InChI=1S/C13H19F5N6/c14-12(15)5-7-23(8-6-12)24(20)22-11(19)21-10-3-1-9(2-4-10)13(16,17)18/h1-3,10H,4-8,20H2,(H3,19,21,22). The topological polar surface area (TPSA) is 82.9 Å². The summed E-state index contributed by atoms with van der Waals surface area (Å²) in [7, 11) is 0. The Morgan fingerprint density at radius 1 is 1.33 bits per heavy atom. The zero-order valence-corrected chi connectivity index (χ0v) is 12.7. The van der Waals surface area contributed by atoms with Crippen molar-refractivity contribution in [1.82, 2.24) is 15.7 Å². The molecule has 11 heteroatoms. The number of hydrazine groups is 3. The maximum absolute atomic E-state index is 13.1. The number of nitrogens with zero attached hydrogens (tertiary/aromatic N) is 3. The molecule has 5 N–H and O–H groups in total. The van der Waals surface area contributed by atoms with Crippen LogP contribution in [0.1, 0.15) is 19.3 Å². The third kappa shape index (κ3) is 5.14. The molecule has 0 saturated carbocycles. The highest BCUT2D eigenvalue weighted by Crippen LogP contribution is 2.30. The Bertz CT molecular complexity index is 531. The Kier molecular flexibility index (Phi) is 5.45. The largest absolute Gasteiger partial charge is 0.416 e. The lowest BCUT2D eigenvalue weighted by molar-refractivity contribution is -0.131. The van der Waals surface area contributed by atoms with Crippen LogP contribution in [0.2, 0.25) is 0 Å². The smallest absolute Gasteiger partial charge is 0.369 e. The van der Waals surface area contributed by atoms with Gasteiger partial charge >= 0.3 is 6.18 Å². The highest BCUT2D eigenvalue weighted by molar-refractivity contribution is 5.77. The second kappa shape index (κ2) is 7.03. The van der Waals surface area contributed by atoms with E-state index in [0.29, 0.717) is 0 Å². The third-order valence-corrected chi connectivity index (χ3v) is 3.71. The quantitative estimate of drug-likeness (QED) is 0.235. The van der Waals surface area contributed by atoms with Crippen molar-refractivity contribution in [1.29, 1.82) is 0 Å². The van der Waals surface area contributed by atoms with Gasteiger partial charge in [-0.2, -0.15) is 13.2 Å². The normalized spacial score (nSPS) is 25.7. The molecule has 1 heterocycles. The summed E-state index contributed by atoms with van der Waals surface area (Å²) in [6, 6.07) is -0.553. The first kappa shape index (κ1) is 18.6. The van der Waals surface area contributed by atoms with E-state index in [1.54, 1.807) is 0 Å². The number of allylic oxidation sites excluding steroid dienone is 2. The fraction of sp³-hybridized carbons (Fsp3) is 0.615. The number of guanidine groups is 1. The number of alkyl halides is 5. The van der Waals surface area contributed by atoms with Crippen LogP contribution < -0.4 is 17.0 Å². The van der Waals surface area contributed by atoms with Gasteiger partial charge in [0.05, 0.1) is 11.6 Å². The summed E-state index contributed by atoms with van der Waals surface area (Å²) in [6.07, 6.45) is -1.72. The van der Waals surface area contributed by atoms with Crippen LogP contribution in [0.5, 0.6) is 0 Å². The molecule has 0 spiro atoms. The van der Waals surface area contributed by atoms with E-state index in [1.165, 1.54) is 11.1 Å². The van der Waals surface area contributed by atoms with Crippen molar-refractivity contribution in [3.05, 3.63) is 23.8 Å². The Balaban J connectivity index is 1.85. The molecule has 24 heavy (non-hydrogen) atoms. The van der Waals surface area contributed by atoms with Gasteiger partial charge in [-0.1, -0.05) is 23.5 Å². The first-order valence-corrected chi connectivity index (χ1v) is 7.30. The van der Waals surface area contributed by atoms with Gasteiger partial charge in [0.15, 0.2) is 0 Å². The maximum Gasteiger partial charge on any atom is 0.416 e. The molecule has 1 fully saturated rings. The highest BCUT2D eigenvalue weighted by Gasteiger charge is 2.35. The van der Waals surface area contributed by atoms with E-state index in [-0.39, 0.29) is 38.3 Å². The lowest BCUT2D eigenvalue weighted by Crippen LogP contribution is -2.61. The van der Waals surface area contributed by atoms with Crippen molar-refractivity contribution >= 4 is 5.96 Å². The van der Waals surface area contributed by atoms with Crippen molar-refractivity contribution in [2.75, 3.05) is 13.1 Å². The van der Waals surface area contributed by atoms with Crippen LogP contribution in [-0.4, -0.2) is 47.4 Å². The summed E-state index contributed by atoms with van der Waals surface area (Å²) in [4.78, 5) is 4.00. The molecular formula is C13H19F5N6. The molecule has 0 amide bonds. The zero-order chi connectivity index (χ0) is 18.0. The molecule has 0 aromatic rings. The maximum atomic E-state index is 13.1. The number of halogens is 5. The minimum Gasteiger partial charge on any atom is -0.369 e. The minimum atomic E-state index is -4.39. The third-order valence-electron chi connectivity index (χ3n) is 3.71. The average molecular weight is 354 g/mol. The lowest BCUT2D eigenvalue weighted by atomic mass is 10.0. The van der Waals surface area contributed by atoms with Crippen LogP contribution in [-0.2, 0) is 0 Å². The minimum absolute atomic E-state index is 0.0464. The number of piperidine rings is 1. The second-order valence-corrected chi connectivity index (χ2v) is 5.60. The molecule has 2 rings (SSSR count). The molecule has 1 atom stereocenters. The van der Waals surface area contributed by atoms with Gasteiger partial charge in [-0.05, 0) is 6.42 Å². The summed E-state index contributed by atoms with van der Waals surface area (Å²) >= 11 is 0. The fourth-order valence-electron chi connectivity index (χ4n) is 2.35.